The first-order valence-electron chi connectivity index (χ1n) is 10.2. The van der Waals surface area contributed by atoms with E-state index in [9.17, 15) is 4.79 Å². The molecule has 27 heavy (non-hydrogen) atoms. The summed E-state index contributed by atoms with van der Waals surface area (Å²) in [6.45, 7) is 2.39. The Kier molecular flexibility index (Phi) is 7.39. The van der Waals surface area contributed by atoms with Crippen LogP contribution in [-0.4, -0.2) is 49.5 Å². The van der Waals surface area contributed by atoms with E-state index in [2.05, 4.69) is 15.6 Å². The molecular weight excluding hydrogens is 360 g/mol. The number of nitrogens with zero attached hydrogens (tertiary/aromatic N) is 2. The highest BCUT2D eigenvalue weighted by Crippen LogP contribution is 2.26. The van der Waals surface area contributed by atoms with Gasteiger partial charge in [-0.2, -0.15) is 0 Å². The summed E-state index contributed by atoms with van der Waals surface area (Å²) in [5, 5.41) is 7.62. The van der Waals surface area contributed by atoms with Crippen molar-refractivity contribution in [3.8, 4) is 0 Å². The zero-order valence-electron chi connectivity index (χ0n) is 16.2. The van der Waals surface area contributed by atoms with Gasteiger partial charge < -0.3 is 15.5 Å². The van der Waals surface area contributed by atoms with E-state index in [0.29, 0.717) is 5.91 Å². The van der Waals surface area contributed by atoms with Crippen molar-refractivity contribution in [2.24, 2.45) is 10.9 Å². The summed E-state index contributed by atoms with van der Waals surface area (Å²) in [7, 11) is 1.78. The van der Waals surface area contributed by atoms with Crippen molar-refractivity contribution in [3.05, 3.63) is 34.9 Å². The lowest BCUT2D eigenvalue weighted by atomic mass is 9.88. The molecule has 0 spiro atoms. The lowest BCUT2D eigenvalue weighted by Crippen LogP contribution is -2.46. The molecule has 1 aliphatic carbocycles. The lowest BCUT2D eigenvalue weighted by Gasteiger charge is -2.26. The van der Waals surface area contributed by atoms with Crippen LogP contribution in [0, 0.1) is 5.92 Å². The number of guanidine groups is 1. The first-order chi connectivity index (χ1) is 13.2. The summed E-state index contributed by atoms with van der Waals surface area (Å²) in [5.74, 6) is 1.41. The molecule has 5 nitrogen and oxygen atoms in total. The molecule has 1 aliphatic heterocycles. The molecule has 6 heteroatoms. The Morgan fingerprint density at radius 3 is 2.74 bits per heavy atom. The zero-order valence-corrected chi connectivity index (χ0v) is 17.0. The van der Waals surface area contributed by atoms with E-state index < -0.39 is 0 Å². The molecule has 2 fully saturated rings. The standard InChI is InChI=1S/C21H31ClN4O/c1-23-21(24-13-11-16-7-5-6-10-19(16)22)25-18-12-14-26(15-18)20(27)17-8-3-2-4-9-17/h5-7,10,17-18H,2-4,8-9,11-15H2,1H3,(H2,23,24,25). The quantitative estimate of drug-likeness (QED) is 0.599. The number of rotatable bonds is 5. The highest BCUT2D eigenvalue weighted by molar-refractivity contribution is 6.31. The average molecular weight is 391 g/mol. The van der Waals surface area contributed by atoms with E-state index in [1.54, 1.807) is 7.05 Å². The Morgan fingerprint density at radius 2 is 2.00 bits per heavy atom. The highest BCUT2D eigenvalue weighted by Gasteiger charge is 2.31. The average Bonchev–Trinajstić information content (AvgIpc) is 3.17. The third-order valence-corrected chi connectivity index (χ3v) is 6.03. The number of halogens is 1. The number of nitrogens with one attached hydrogen (secondary N) is 2. The van der Waals surface area contributed by atoms with Crippen molar-refractivity contribution in [2.45, 2.75) is 51.0 Å². The molecule has 3 rings (SSSR count). The second-order valence-electron chi connectivity index (χ2n) is 7.59. The second-order valence-corrected chi connectivity index (χ2v) is 8.00. The van der Waals surface area contributed by atoms with E-state index in [1.165, 1.54) is 19.3 Å². The molecule has 2 aliphatic rings. The maximum Gasteiger partial charge on any atom is 0.225 e. The maximum absolute atomic E-state index is 12.7. The van der Waals surface area contributed by atoms with Crippen LogP contribution in [0.5, 0.6) is 0 Å². The summed E-state index contributed by atoms with van der Waals surface area (Å²) < 4.78 is 0. The fourth-order valence-electron chi connectivity index (χ4n) is 4.09. The largest absolute Gasteiger partial charge is 0.356 e. The van der Waals surface area contributed by atoms with Gasteiger partial charge in [0.15, 0.2) is 5.96 Å². The van der Waals surface area contributed by atoms with Crippen LogP contribution in [-0.2, 0) is 11.2 Å². The van der Waals surface area contributed by atoms with Gasteiger partial charge in [-0.25, -0.2) is 0 Å². The SMILES string of the molecule is CN=C(NCCc1ccccc1Cl)NC1CCN(C(=O)C2CCCCC2)C1. The predicted molar refractivity (Wildman–Crippen MR) is 111 cm³/mol. The van der Waals surface area contributed by atoms with Crippen molar-refractivity contribution in [1.82, 2.24) is 15.5 Å². The third-order valence-electron chi connectivity index (χ3n) is 5.66. The van der Waals surface area contributed by atoms with Crippen LogP contribution in [0.2, 0.25) is 5.02 Å². The fourth-order valence-corrected chi connectivity index (χ4v) is 4.32. The molecular formula is C21H31ClN4O. The number of carbonyl (C=O) groups is 1. The van der Waals surface area contributed by atoms with Crippen molar-refractivity contribution in [3.63, 3.8) is 0 Å². The first-order valence-corrected chi connectivity index (χ1v) is 10.5. The molecule has 0 aromatic heterocycles. The van der Waals surface area contributed by atoms with Gasteiger partial charge in [-0.15, -0.1) is 0 Å². The first kappa shape index (κ1) is 20.0. The minimum Gasteiger partial charge on any atom is -0.356 e. The van der Waals surface area contributed by atoms with Crippen LogP contribution in [0.3, 0.4) is 0 Å². The van der Waals surface area contributed by atoms with E-state index in [4.69, 9.17) is 11.6 Å². The predicted octanol–water partition coefficient (Wildman–Crippen LogP) is 3.23. The molecule has 0 bridgehead atoms. The molecule has 1 unspecified atom stereocenters. The summed E-state index contributed by atoms with van der Waals surface area (Å²) in [6.07, 6.45) is 7.64. The summed E-state index contributed by atoms with van der Waals surface area (Å²) in [5.41, 5.74) is 1.13. The number of hydrogen-bond donors (Lipinski definition) is 2. The lowest BCUT2D eigenvalue weighted by molar-refractivity contribution is -0.135. The smallest absolute Gasteiger partial charge is 0.225 e. The van der Waals surface area contributed by atoms with Gasteiger partial charge in [-0.05, 0) is 37.3 Å². The van der Waals surface area contributed by atoms with Crippen LogP contribution in [0.25, 0.3) is 0 Å². The van der Waals surface area contributed by atoms with E-state index in [1.807, 2.05) is 29.2 Å². The molecule has 1 saturated carbocycles. The number of carbonyl (C=O) groups excluding carboxylic acids is 1. The van der Waals surface area contributed by atoms with Crippen LogP contribution >= 0.6 is 11.6 Å². The van der Waals surface area contributed by atoms with Gasteiger partial charge in [-0.3, -0.25) is 9.79 Å². The Bertz CT molecular complexity index is 657. The van der Waals surface area contributed by atoms with Gasteiger partial charge >= 0.3 is 0 Å². The van der Waals surface area contributed by atoms with Crippen LogP contribution in [0.4, 0.5) is 0 Å². The minimum atomic E-state index is 0.255. The summed E-state index contributed by atoms with van der Waals surface area (Å²) >= 11 is 6.21. The summed E-state index contributed by atoms with van der Waals surface area (Å²) in [6, 6.07) is 8.18. The van der Waals surface area contributed by atoms with Crippen LogP contribution < -0.4 is 10.6 Å². The number of hydrogen-bond acceptors (Lipinski definition) is 2. The van der Waals surface area contributed by atoms with Crippen molar-refractivity contribution in [2.75, 3.05) is 26.7 Å². The molecule has 2 N–H and O–H groups in total. The van der Waals surface area contributed by atoms with Crippen LogP contribution in [0.15, 0.2) is 29.3 Å². The fraction of sp³-hybridized carbons (Fsp3) is 0.619. The zero-order chi connectivity index (χ0) is 19.1. The van der Waals surface area contributed by atoms with E-state index in [0.717, 1.165) is 61.9 Å². The van der Waals surface area contributed by atoms with E-state index in [-0.39, 0.29) is 12.0 Å². The molecule has 1 heterocycles. The molecule has 1 atom stereocenters. The number of aliphatic imine (C=N–C) groups is 1. The highest BCUT2D eigenvalue weighted by atomic mass is 35.5. The monoisotopic (exact) mass is 390 g/mol. The number of benzene rings is 1. The Balaban J connectivity index is 1.42. The van der Waals surface area contributed by atoms with Crippen LogP contribution in [0.1, 0.15) is 44.1 Å². The summed E-state index contributed by atoms with van der Waals surface area (Å²) in [4.78, 5) is 19.1. The topological polar surface area (TPSA) is 56.7 Å². The van der Waals surface area contributed by atoms with Crippen molar-refractivity contribution >= 4 is 23.5 Å². The maximum atomic E-state index is 12.7. The molecule has 1 saturated heterocycles. The minimum absolute atomic E-state index is 0.255. The van der Waals surface area contributed by atoms with Gasteiger partial charge in [0.2, 0.25) is 5.91 Å². The van der Waals surface area contributed by atoms with E-state index >= 15 is 0 Å². The van der Waals surface area contributed by atoms with Gasteiger partial charge in [0.25, 0.3) is 0 Å². The van der Waals surface area contributed by atoms with Gasteiger partial charge in [0.1, 0.15) is 0 Å². The molecule has 1 aromatic carbocycles. The second kappa shape index (κ2) is 9.98. The molecule has 0 radical (unpaired) electrons. The Morgan fingerprint density at radius 1 is 1.22 bits per heavy atom. The Hall–Kier alpha value is -1.75. The molecule has 1 amide bonds. The number of likely N-dealkylation sites (tertiary alicyclic amines) is 1. The van der Waals surface area contributed by atoms with Gasteiger partial charge in [0, 0.05) is 43.7 Å². The van der Waals surface area contributed by atoms with Gasteiger partial charge in [-0.1, -0.05) is 49.1 Å². The van der Waals surface area contributed by atoms with Gasteiger partial charge in [0.05, 0.1) is 0 Å². The number of amides is 1. The normalized spacial score (nSPS) is 21.3. The molecule has 1 aromatic rings. The molecule has 148 valence electrons. The Labute approximate surface area is 167 Å². The third kappa shape index (κ3) is 5.61. The van der Waals surface area contributed by atoms with Crippen molar-refractivity contribution in [1.29, 1.82) is 0 Å². The van der Waals surface area contributed by atoms with Crippen molar-refractivity contribution < 1.29 is 4.79 Å².